The predicted molar refractivity (Wildman–Crippen MR) is 75.5 cm³/mol. The minimum Gasteiger partial charge on any atom is -0.493 e. The van der Waals surface area contributed by atoms with Crippen molar-refractivity contribution in [3.8, 4) is 5.75 Å². The molecule has 5 heteroatoms. The van der Waals surface area contributed by atoms with Gasteiger partial charge in [0.15, 0.2) is 5.75 Å². The van der Waals surface area contributed by atoms with Crippen LogP contribution in [0.25, 0.3) is 0 Å². The zero-order chi connectivity index (χ0) is 13.5. The van der Waals surface area contributed by atoms with Crippen molar-refractivity contribution in [3.63, 3.8) is 0 Å². The summed E-state index contributed by atoms with van der Waals surface area (Å²) in [7, 11) is 1.66. The second-order valence-electron chi connectivity index (χ2n) is 4.46. The lowest BCUT2D eigenvalue weighted by atomic mass is 10.2. The SMILES string of the molecule is COc1cnc(C)cc1NCCCCn1ccnc1. The summed E-state index contributed by atoms with van der Waals surface area (Å²) in [5.41, 5.74) is 2.00. The number of methoxy groups -OCH3 is 1. The van der Waals surface area contributed by atoms with Gasteiger partial charge in [0.05, 0.1) is 25.3 Å². The first-order valence-corrected chi connectivity index (χ1v) is 6.50. The Morgan fingerprint density at radius 2 is 2.26 bits per heavy atom. The smallest absolute Gasteiger partial charge is 0.160 e. The second kappa shape index (κ2) is 6.78. The summed E-state index contributed by atoms with van der Waals surface area (Å²) in [6.45, 7) is 3.91. The van der Waals surface area contributed by atoms with Crippen molar-refractivity contribution in [2.24, 2.45) is 0 Å². The van der Waals surface area contributed by atoms with E-state index in [1.807, 2.05) is 31.7 Å². The first kappa shape index (κ1) is 13.4. The molecule has 0 aromatic carbocycles. The lowest BCUT2D eigenvalue weighted by Gasteiger charge is -2.11. The van der Waals surface area contributed by atoms with Crippen molar-refractivity contribution in [3.05, 3.63) is 36.7 Å². The van der Waals surface area contributed by atoms with Crippen LogP contribution in [0.2, 0.25) is 0 Å². The molecule has 19 heavy (non-hydrogen) atoms. The van der Waals surface area contributed by atoms with Crippen LogP contribution in [0.4, 0.5) is 5.69 Å². The number of nitrogens with zero attached hydrogens (tertiary/aromatic N) is 3. The van der Waals surface area contributed by atoms with E-state index in [1.54, 1.807) is 13.3 Å². The maximum absolute atomic E-state index is 5.28. The highest BCUT2D eigenvalue weighted by Crippen LogP contribution is 2.23. The third kappa shape index (κ3) is 3.98. The number of nitrogens with one attached hydrogen (secondary N) is 1. The molecular formula is C14H20N4O. The van der Waals surface area contributed by atoms with E-state index in [0.29, 0.717) is 0 Å². The monoisotopic (exact) mass is 260 g/mol. The third-order valence-electron chi connectivity index (χ3n) is 2.94. The fourth-order valence-electron chi connectivity index (χ4n) is 1.91. The molecule has 0 radical (unpaired) electrons. The van der Waals surface area contributed by atoms with Gasteiger partial charge >= 0.3 is 0 Å². The van der Waals surface area contributed by atoms with Crippen LogP contribution in [-0.2, 0) is 6.54 Å². The zero-order valence-corrected chi connectivity index (χ0v) is 11.5. The number of rotatable bonds is 7. The van der Waals surface area contributed by atoms with Crippen LogP contribution in [-0.4, -0.2) is 28.2 Å². The zero-order valence-electron chi connectivity index (χ0n) is 11.5. The van der Waals surface area contributed by atoms with E-state index in [-0.39, 0.29) is 0 Å². The Morgan fingerprint density at radius 1 is 1.37 bits per heavy atom. The van der Waals surface area contributed by atoms with Crippen LogP contribution in [0.5, 0.6) is 5.75 Å². The van der Waals surface area contributed by atoms with E-state index >= 15 is 0 Å². The van der Waals surface area contributed by atoms with Gasteiger partial charge in [0, 0.05) is 31.2 Å². The van der Waals surface area contributed by atoms with Gasteiger partial charge in [-0.05, 0) is 25.8 Å². The molecule has 1 N–H and O–H groups in total. The summed E-state index contributed by atoms with van der Waals surface area (Å²) in [4.78, 5) is 8.24. The lowest BCUT2D eigenvalue weighted by Crippen LogP contribution is -2.05. The molecule has 102 valence electrons. The average molecular weight is 260 g/mol. The van der Waals surface area contributed by atoms with E-state index in [1.165, 1.54) is 0 Å². The predicted octanol–water partition coefficient (Wildman–Crippen LogP) is 2.49. The number of aromatic nitrogens is 3. The van der Waals surface area contributed by atoms with E-state index in [4.69, 9.17) is 4.74 Å². The Hall–Kier alpha value is -2.04. The summed E-state index contributed by atoms with van der Waals surface area (Å²) in [6, 6.07) is 2.01. The molecule has 0 spiro atoms. The van der Waals surface area contributed by atoms with E-state index < -0.39 is 0 Å². The topological polar surface area (TPSA) is 52.0 Å². The summed E-state index contributed by atoms with van der Waals surface area (Å²) < 4.78 is 7.37. The molecule has 2 aromatic heterocycles. The summed E-state index contributed by atoms with van der Waals surface area (Å²) in [5.74, 6) is 0.792. The number of anilines is 1. The molecule has 0 aliphatic rings. The summed E-state index contributed by atoms with van der Waals surface area (Å²) in [5, 5.41) is 3.40. The molecule has 0 atom stereocenters. The minimum absolute atomic E-state index is 0.792. The molecule has 0 fully saturated rings. The van der Waals surface area contributed by atoms with Crippen molar-refractivity contribution < 1.29 is 4.74 Å². The number of hydrogen-bond donors (Lipinski definition) is 1. The maximum atomic E-state index is 5.28. The van der Waals surface area contributed by atoms with Crippen molar-refractivity contribution in [1.29, 1.82) is 0 Å². The van der Waals surface area contributed by atoms with Gasteiger partial charge in [-0.2, -0.15) is 0 Å². The van der Waals surface area contributed by atoms with Crippen molar-refractivity contribution in [2.45, 2.75) is 26.3 Å². The largest absolute Gasteiger partial charge is 0.493 e. The van der Waals surface area contributed by atoms with Gasteiger partial charge in [0.2, 0.25) is 0 Å². The number of unbranched alkanes of at least 4 members (excludes halogenated alkanes) is 1. The average Bonchev–Trinajstić information content (AvgIpc) is 2.92. The van der Waals surface area contributed by atoms with Crippen molar-refractivity contribution >= 4 is 5.69 Å². The Kier molecular flexibility index (Phi) is 4.78. The van der Waals surface area contributed by atoms with Crippen LogP contribution in [0, 0.1) is 6.92 Å². The van der Waals surface area contributed by atoms with Crippen LogP contribution in [0.1, 0.15) is 18.5 Å². The van der Waals surface area contributed by atoms with Crippen LogP contribution >= 0.6 is 0 Å². The highest BCUT2D eigenvalue weighted by molar-refractivity contribution is 5.55. The fraction of sp³-hybridized carbons (Fsp3) is 0.429. The van der Waals surface area contributed by atoms with Gasteiger partial charge in [-0.15, -0.1) is 0 Å². The summed E-state index contributed by atoms with van der Waals surface area (Å²) in [6.07, 6.45) is 9.62. The molecule has 2 rings (SSSR count). The molecule has 2 heterocycles. The summed E-state index contributed by atoms with van der Waals surface area (Å²) >= 11 is 0. The maximum Gasteiger partial charge on any atom is 0.160 e. The first-order valence-electron chi connectivity index (χ1n) is 6.50. The van der Waals surface area contributed by atoms with Gasteiger partial charge in [-0.3, -0.25) is 4.98 Å². The highest BCUT2D eigenvalue weighted by atomic mass is 16.5. The van der Waals surface area contributed by atoms with Crippen LogP contribution in [0.15, 0.2) is 31.0 Å². The molecule has 0 aliphatic heterocycles. The normalized spacial score (nSPS) is 10.4. The van der Waals surface area contributed by atoms with Gasteiger partial charge in [0.1, 0.15) is 0 Å². The van der Waals surface area contributed by atoms with Gasteiger partial charge < -0.3 is 14.6 Å². The Bertz CT molecular complexity index is 496. The standard InChI is InChI=1S/C14H20N4O/c1-12-9-13(14(19-2)10-17-12)16-5-3-4-7-18-8-6-15-11-18/h6,8-11H,3-5,7H2,1-2H3,(H,16,17). The second-order valence-corrected chi connectivity index (χ2v) is 4.46. The van der Waals surface area contributed by atoms with E-state index in [2.05, 4.69) is 19.9 Å². The van der Waals surface area contributed by atoms with E-state index in [9.17, 15) is 0 Å². The number of pyridine rings is 1. The Balaban J connectivity index is 1.74. The number of aryl methyl sites for hydroxylation is 2. The Labute approximate surface area is 113 Å². The molecular weight excluding hydrogens is 240 g/mol. The minimum atomic E-state index is 0.792. The molecule has 0 saturated heterocycles. The Morgan fingerprint density at radius 3 is 3.00 bits per heavy atom. The molecule has 0 aliphatic carbocycles. The fourth-order valence-corrected chi connectivity index (χ4v) is 1.91. The molecule has 0 unspecified atom stereocenters. The van der Waals surface area contributed by atoms with Gasteiger partial charge in [0.25, 0.3) is 0 Å². The van der Waals surface area contributed by atoms with E-state index in [0.717, 1.165) is 43.1 Å². The number of hydrogen-bond acceptors (Lipinski definition) is 4. The van der Waals surface area contributed by atoms with Crippen molar-refractivity contribution in [1.82, 2.24) is 14.5 Å². The quantitative estimate of drug-likeness (QED) is 0.777. The van der Waals surface area contributed by atoms with Gasteiger partial charge in [-0.1, -0.05) is 0 Å². The molecule has 0 amide bonds. The molecule has 5 nitrogen and oxygen atoms in total. The lowest BCUT2D eigenvalue weighted by molar-refractivity contribution is 0.414. The van der Waals surface area contributed by atoms with Gasteiger partial charge in [-0.25, -0.2) is 4.98 Å². The van der Waals surface area contributed by atoms with Crippen LogP contribution in [0.3, 0.4) is 0 Å². The number of imidazole rings is 1. The first-order chi connectivity index (χ1) is 9.29. The highest BCUT2D eigenvalue weighted by Gasteiger charge is 2.02. The molecule has 2 aromatic rings. The molecule has 0 bridgehead atoms. The van der Waals surface area contributed by atoms with Crippen LogP contribution < -0.4 is 10.1 Å². The third-order valence-corrected chi connectivity index (χ3v) is 2.94. The van der Waals surface area contributed by atoms with Crippen molar-refractivity contribution in [2.75, 3.05) is 19.0 Å². The number of ether oxygens (including phenoxy) is 1. The molecule has 0 saturated carbocycles.